The number of hydrogen-bond donors (Lipinski definition) is 0. The normalized spacial score (nSPS) is 19.7. The number of nitrogens with zero attached hydrogens (tertiary/aromatic N) is 1. The van der Waals surface area contributed by atoms with Crippen LogP contribution in [0.4, 0.5) is 0 Å². The second kappa shape index (κ2) is 8.08. The van der Waals surface area contributed by atoms with Crippen LogP contribution in [-0.2, 0) is 19.1 Å². The quantitative estimate of drug-likeness (QED) is 0.530. The van der Waals surface area contributed by atoms with Gasteiger partial charge in [-0.3, -0.25) is 9.59 Å². The van der Waals surface area contributed by atoms with Crippen molar-refractivity contribution in [1.82, 2.24) is 4.90 Å². The van der Waals surface area contributed by atoms with E-state index in [2.05, 4.69) is 0 Å². The van der Waals surface area contributed by atoms with Gasteiger partial charge in [-0.1, -0.05) is 0 Å². The summed E-state index contributed by atoms with van der Waals surface area (Å²) in [7, 11) is 0. The van der Waals surface area contributed by atoms with E-state index in [-0.39, 0.29) is 17.8 Å². The summed E-state index contributed by atoms with van der Waals surface area (Å²) in [5.74, 6) is -0.271. The molecule has 0 spiro atoms. The third kappa shape index (κ3) is 4.64. The van der Waals surface area contributed by atoms with Crippen LogP contribution in [0.5, 0.6) is 0 Å². The average Bonchev–Trinajstić information content (AvgIpc) is 2.39. The van der Waals surface area contributed by atoms with Gasteiger partial charge in [0.25, 0.3) is 0 Å². The Labute approximate surface area is 108 Å². The number of hydrogen-bond acceptors (Lipinski definition) is 4. The van der Waals surface area contributed by atoms with E-state index in [1.54, 1.807) is 11.8 Å². The minimum atomic E-state index is -0.181. The number of ether oxygens (including phenoxy) is 2. The summed E-state index contributed by atoms with van der Waals surface area (Å²) in [6.45, 7) is 6.40. The molecule has 0 N–H and O–H groups in total. The molecule has 0 unspecified atom stereocenters. The third-order valence-corrected chi connectivity index (χ3v) is 3.06. The first kappa shape index (κ1) is 15.0. The molecule has 5 nitrogen and oxygen atoms in total. The molecule has 1 aliphatic heterocycles. The van der Waals surface area contributed by atoms with Crippen LogP contribution in [-0.4, -0.2) is 49.7 Å². The lowest BCUT2D eigenvalue weighted by atomic mass is 9.98. The van der Waals surface area contributed by atoms with Crippen LogP contribution in [0.15, 0.2) is 0 Å². The molecule has 1 amide bonds. The van der Waals surface area contributed by atoms with Crippen molar-refractivity contribution in [1.29, 1.82) is 0 Å². The van der Waals surface area contributed by atoms with Crippen LogP contribution >= 0.6 is 0 Å². The van der Waals surface area contributed by atoms with Crippen molar-refractivity contribution in [3.8, 4) is 0 Å². The van der Waals surface area contributed by atoms with Crippen molar-refractivity contribution in [3.05, 3.63) is 0 Å². The van der Waals surface area contributed by atoms with Crippen molar-refractivity contribution < 1.29 is 19.1 Å². The lowest BCUT2D eigenvalue weighted by molar-refractivity contribution is -0.151. The van der Waals surface area contributed by atoms with E-state index < -0.39 is 0 Å². The Balaban J connectivity index is 2.38. The lowest BCUT2D eigenvalue weighted by Gasteiger charge is -2.31. The maximum atomic E-state index is 11.9. The fourth-order valence-electron chi connectivity index (χ4n) is 2.12. The SMILES string of the molecule is CCOCCC(=O)N1CCC[C@H](C(=O)OCC)C1. The first-order chi connectivity index (χ1) is 8.69. The number of likely N-dealkylation sites (tertiary alicyclic amines) is 1. The van der Waals surface area contributed by atoms with E-state index in [0.717, 1.165) is 19.4 Å². The molecule has 1 heterocycles. The van der Waals surface area contributed by atoms with Gasteiger partial charge in [-0.05, 0) is 26.7 Å². The second-order valence-corrected chi connectivity index (χ2v) is 4.38. The van der Waals surface area contributed by atoms with Gasteiger partial charge in [0.15, 0.2) is 0 Å². The summed E-state index contributed by atoms with van der Waals surface area (Å²) < 4.78 is 10.2. The lowest BCUT2D eigenvalue weighted by Crippen LogP contribution is -2.43. The fourth-order valence-corrected chi connectivity index (χ4v) is 2.12. The van der Waals surface area contributed by atoms with Gasteiger partial charge in [-0.25, -0.2) is 0 Å². The van der Waals surface area contributed by atoms with Gasteiger partial charge in [-0.15, -0.1) is 0 Å². The van der Waals surface area contributed by atoms with E-state index in [9.17, 15) is 9.59 Å². The smallest absolute Gasteiger partial charge is 0.310 e. The zero-order valence-electron chi connectivity index (χ0n) is 11.3. The molecule has 104 valence electrons. The monoisotopic (exact) mass is 257 g/mol. The molecule has 1 atom stereocenters. The van der Waals surface area contributed by atoms with Gasteiger partial charge in [0, 0.05) is 19.7 Å². The Morgan fingerprint density at radius 2 is 2.06 bits per heavy atom. The summed E-state index contributed by atoms with van der Waals surface area (Å²) in [4.78, 5) is 25.3. The van der Waals surface area contributed by atoms with Gasteiger partial charge < -0.3 is 14.4 Å². The Bertz CT molecular complexity index is 280. The van der Waals surface area contributed by atoms with Gasteiger partial charge in [0.2, 0.25) is 5.91 Å². The number of carbonyl (C=O) groups excluding carboxylic acids is 2. The summed E-state index contributed by atoms with van der Waals surface area (Å²) >= 11 is 0. The molecule has 0 saturated carbocycles. The number of carbonyl (C=O) groups is 2. The van der Waals surface area contributed by atoms with E-state index in [4.69, 9.17) is 9.47 Å². The molecule has 18 heavy (non-hydrogen) atoms. The number of rotatable bonds is 6. The first-order valence-electron chi connectivity index (χ1n) is 6.71. The van der Waals surface area contributed by atoms with Crippen LogP contribution in [0.3, 0.4) is 0 Å². The number of piperidine rings is 1. The molecule has 0 aromatic heterocycles. The summed E-state index contributed by atoms with van der Waals surface area (Å²) in [5, 5.41) is 0. The molecule has 1 saturated heterocycles. The third-order valence-electron chi connectivity index (χ3n) is 3.06. The van der Waals surface area contributed by atoms with Crippen molar-refractivity contribution >= 4 is 11.9 Å². The molecule has 0 aromatic rings. The Hall–Kier alpha value is -1.10. The topological polar surface area (TPSA) is 55.8 Å². The van der Waals surface area contributed by atoms with Crippen LogP contribution < -0.4 is 0 Å². The minimum Gasteiger partial charge on any atom is -0.466 e. The van der Waals surface area contributed by atoms with E-state index >= 15 is 0 Å². The van der Waals surface area contributed by atoms with Crippen LogP contribution in [0.1, 0.15) is 33.1 Å². The van der Waals surface area contributed by atoms with E-state index in [1.807, 2.05) is 6.92 Å². The predicted molar refractivity (Wildman–Crippen MR) is 67.0 cm³/mol. The van der Waals surface area contributed by atoms with Crippen molar-refractivity contribution in [2.75, 3.05) is 32.9 Å². The molecule has 0 aliphatic carbocycles. The van der Waals surface area contributed by atoms with Gasteiger partial charge in [0.1, 0.15) is 0 Å². The maximum Gasteiger partial charge on any atom is 0.310 e. The zero-order chi connectivity index (χ0) is 13.4. The second-order valence-electron chi connectivity index (χ2n) is 4.38. The molecule has 0 radical (unpaired) electrons. The molecular formula is C13H23NO4. The molecule has 5 heteroatoms. The Kier molecular flexibility index (Phi) is 6.72. The van der Waals surface area contributed by atoms with Crippen LogP contribution in [0, 0.1) is 5.92 Å². The molecule has 0 aromatic carbocycles. The summed E-state index contributed by atoms with van der Waals surface area (Å²) in [5.41, 5.74) is 0. The highest BCUT2D eigenvalue weighted by molar-refractivity contribution is 5.78. The van der Waals surface area contributed by atoms with E-state index in [0.29, 0.717) is 32.8 Å². The van der Waals surface area contributed by atoms with Crippen LogP contribution in [0.2, 0.25) is 0 Å². The first-order valence-corrected chi connectivity index (χ1v) is 6.71. The minimum absolute atomic E-state index is 0.0671. The molecular weight excluding hydrogens is 234 g/mol. The fraction of sp³-hybridized carbons (Fsp3) is 0.846. The van der Waals surface area contributed by atoms with Gasteiger partial charge >= 0.3 is 5.97 Å². The molecule has 1 rings (SSSR count). The van der Waals surface area contributed by atoms with Crippen molar-refractivity contribution in [3.63, 3.8) is 0 Å². The summed E-state index contributed by atoms with van der Waals surface area (Å²) in [6.07, 6.45) is 2.07. The highest BCUT2D eigenvalue weighted by Gasteiger charge is 2.28. The molecule has 1 fully saturated rings. The number of esters is 1. The van der Waals surface area contributed by atoms with Gasteiger partial charge in [0.05, 0.1) is 25.6 Å². The van der Waals surface area contributed by atoms with Gasteiger partial charge in [-0.2, -0.15) is 0 Å². The average molecular weight is 257 g/mol. The Morgan fingerprint density at radius 1 is 1.28 bits per heavy atom. The maximum absolute atomic E-state index is 11.9. The standard InChI is InChI=1S/C13H23NO4/c1-3-17-9-7-12(15)14-8-5-6-11(10-14)13(16)18-4-2/h11H,3-10H2,1-2H3/t11-/m0/s1. The van der Waals surface area contributed by atoms with Crippen molar-refractivity contribution in [2.24, 2.45) is 5.92 Å². The zero-order valence-corrected chi connectivity index (χ0v) is 11.3. The van der Waals surface area contributed by atoms with E-state index in [1.165, 1.54) is 0 Å². The highest BCUT2D eigenvalue weighted by atomic mass is 16.5. The predicted octanol–water partition coefficient (Wildman–Crippen LogP) is 1.21. The largest absolute Gasteiger partial charge is 0.466 e. The summed E-state index contributed by atoms with van der Waals surface area (Å²) in [6, 6.07) is 0. The molecule has 1 aliphatic rings. The Morgan fingerprint density at radius 3 is 2.72 bits per heavy atom. The van der Waals surface area contributed by atoms with Crippen LogP contribution in [0.25, 0.3) is 0 Å². The number of amides is 1. The molecule has 0 bridgehead atoms. The highest BCUT2D eigenvalue weighted by Crippen LogP contribution is 2.18. The van der Waals surface area contributed by atoms with Crippen molar-refractivity contribution in [2.45, 2.75) is 33.1 Å².